The first-order valence-electron chi connectivity index (χ1n) is 4.65. The maximum absolute atomic E-state index is 9.80. The molecule has 1 fully saturated rings. The Labute approximate surface area is 81.9 Å². The predicted molar refractivity (Wildman–Crippen MR) is 52.0 cm³/mol. The quantitative estimate of drug-likeness (QED) is 0.522. The number of H-pyrrole nitrogens is 1. The summed E-state index contributed by atoms with van der Waals surface area (Å²) in [6.07, 6.45) is 5.55. The second-order valence-electron chi connectivity index (χ2n) is 3.01. The number of nitrogens with one attached hydrogen (secondary N) is 2. The van der Waals surface area contributed by atoms with E-state index in [1.807, 2.05) is 0 Å². The molecule has 0 bridgehead atoms. The predicted octanol–water partition coefficient (Wildman–Crippen LogP) is 1.08. The second-order valence-corrected chi connectivity index (χ2v) is 3.01. The number of hydrogen-bond donors (Lipinski definition) is 2. The summed E-state index contributed by atoms with van der Waals surface area (Å²) in [4.78, 5) is 9.26. The molecule has 0 atom stereocenters. The van der Waals surface area contributed by atoms with E-state index < -0.39 is 4.92 Å². The van der Waals surface area contributed by atoms with Crippen LogP contribution in [0.1, 0.15) is 19.3 Å². The van der Waals surface area contributed by atoms with Gasteiger partial charge >= 0.3 is 5.82 Å². The van der Waals surface area contributed by atoms with E-state index in [-0.39, 0.29) is 5.82 Å². The molecule has 2 N–H and O–H groups in total. The summed E-state index contributed by atoms with van der Waals surface area (Å²) < 4.78 is 0. The Morgan fingerprint density at radius 1 is 1.36 bits per heavy atom. The molecule has 6 nitrogen and oxygen atoms in total. The van der Waals surface area contributed by atoms with E-state index in [9.17, 15) is 10.1 Å². The molecule has 1 aliphatic rings. The van der Waals surface area contributed by atoms with Crippen molar-refractivity contribution in [2.45, 2.75) is 19.3 Å². The molecule has 78 valence electrons. The smallest absolute Gasteiger partial charge is 0.342 e. The van der Waals surface area contributed by atoms with Gasteiger partial charge in [-0.25, -0.2) is 0 Å². The molecule has 0 spiro atoms. The highest BCUT2D eigenvalue weighted by Crippen LogP contribution is 2.00. The average molecular weight is 198 g/mol. The molecular formula is C8H14N4O2. The number of piperidine rings is 1. The summed E-state index contributed by atoms with van der Waals surface area (Å²) >= 11 is 0. The lowest BCUT2D eigenvalue weighted by Gasteiger charge is -2.08. The second kappa shape index (κ2) is 6.09. The van der Waals surface area contributed by atoms with Crippen molar-refractivity contribution in [3.05, 3.63) is 22.4 Å². The monoisotopic (exact) mass is 198 g/mol. The Hall–Kier alpha value is -1.43. The third kappa shape index (κ3) is 3.99. The van der Waals surface area contributed by atoms with Crippen molar-refractivity contribution in [3.8, 4) is 0 Å². The molecule has 0 amide bonds. The summed E-state index contributed by atoms with van der Waals surface area (Å²) in [5.41, 5.74) is 0. The Balaban J connectivity index is 0.000000146. The van der Waals surface area contributed by atoms with Crippen LogP contribution in [0.4, 0.5) is 5.82 Å². The standard InChI is InChI=1S/C5H11N.C3H3N3O2/c1-2-4-6-5-3-1;7-6(8)3-1-2-4-5-3/h6H,1-5H2;1-2H,(H,4,5). The molecule has 0 aromatic carbocycles. The van der Waals surface area contributed by atoms with E-state index in [4.69, 9.17) is 0 Å². The maximum atomic E-state index is 9.80. The fraction of sp³-hybridized carbons (Fsp3) is 0.625. The summed E-state index contributed by atoms with van der Waals surface area (Å²) in [7, 11) is 0. The van der Waals surface area contributed by atoms with Crippen LogP contribution in [-0.2, 0) is 0 Å². The molecule has 2 rings (SSSR count). The lowest BCUT2D eigenvalue weighted by molar-refractivity contribution is -0.389. The van der Waals surface area contributed by atoms with Crippen LogP contribution in [0.2, 0.25) is 0 Å². The van der Waals surface area contributed by atoms with Gasteiger partial charge < -0.3 is 15.4 Å². The highest BCUT2D eigenvalue weighted by molar-refractivity contribution is 5.12. The maximum Gasteiger partial charge on any atom is 0.342 e. The van der Waals surface area contributed by atoms with Gasteiger partial charge in [0.2, 0.25) is 0 Å². The molecule has 0 aliphatic carbocycles. The highest BCUT2D eigenvalue weighted by Gasteiger charge is 1.99. The van der Waals surface area contributed by atoms with E-state index >= 15 is 0 Å². The molecule has 0 radical (unpaired) electrons. The third-order valence-electron chi connectivity index (χ3n) is 1.89. The van der Waals surface area contributed by atoms with Gasteiger partial charge in [0.1, 0.15) is 0 Å². The molecule has 1 aliphatic heterocycles. The largest absolute Gasteiger partial charge is 0.358 e. The normalized spacial score (nSPS) is 15.4. The van der Waals surface area contributed by atoms with Crippen molar-refractivity contribution in [3.63, 3.8) is 0 Å². The van der Waals surface area contributed by atoms with Crippen LogP contribution in [0.15, 0.2) is 12.3 Å². The SMILES string of the molecule is C1CCNCC1.O=[N+]([O-])c1ccn[nH]1. The minimum atomic E-state index is -0.535. The fourth-order valence-corrected chi connectivity index (χ4v) is 1.15. The van der Waals surface area contributed by atoms with Crippen LogP contribution in [0.5, 0.6) is 0 Å². The van der Waals surface area contributed by atoms with Gasteiger partial charge in [0.25, 0.3) is 0 Å². The van der Waals surface area contributed by atoms with E-state index in [1.54, 1.807) is 0 Å². The lowest BCUT2D eigenvalue weighted by Crippen LogP contribution is -2.21. The minimum absolute atomic E-state index is 0.0787. The third-order valence-corrected chi connectivity index (χ3v) is 1.89. The molecule has 6 heteroatoms. The Morgan fingerprint density at radius 2 is 2.07 bits per heavy atom. The Kier molecular flexibility index (Phi) is 4.63. The minimum Gasteiger partial charge on any atom is -0.358 e. The van der Waals surface area contributed by atoms with Gasteiger partial charge in [-0.1, -0.05) is 11.5 Å². The first-order valence-corrected chi connectivity index (χ1v) is 4.65. The van der Waals surface area contributed by atoms with E-state index in [2.05, 4.69) is 15.5 Å². The van der Waals surface area contributed by atoms with Crippen molar-refractivity contribution >= 4 is 5.82 Å². The van der Waals surface area contributed by atoms with Crippen LogP contribution < -0.4 is 5.32 Å². The molecule has 0 unspecified atom stereocenters. The van der Waals surface area contributed by atoms with Crippen molar-refractivity contribution in [1.82, 2.24) is 15.5 Å². The number of rotatable bonds is 1. The molecule has 1 saturated heterocycles. The molecule has 2 heterocycles. The lowest BCUT2D eigenvalue weighted by atomic mass is 10.2. The van der Waals surface area contributed by atoms with Crippen molar-refractivity contribution < 1.29 is 4.92 Å². The first-order chi connectivity index (χ1) is 6.80. The topological polar surface area (TPSA) is 83.8 Å². The van der Waals surface area contributed by atoms with Gasteiger partial charge in [0.15, 0.2) is 0 Å². The zero-order valence-electron chi connectivity index (χ0n) is 7.90. The Morgan fingerprint density at radius 3 is 2.29 bits per heavy atom. The van der Waals surface area contributed by atoms with Crippen LogP contribution >= 0.6 is 0 Å². The number of aromatic amines is 1. The van der Waals surface area contributed by atoms with E-state index in [1.165, 1.54) is 44.6 Å². The van der Waals surface area contributed by atoms with Gasteiger partial charge in [-0.3, -0.25) is 0 Å². The fourth-order valence-electron chi connectivity index (χ4n) is 1.15. The molecule has 14 heavy (non-hydrogen) atoms. The van der Waals surface area contributed by atoms with Crippen LogP contribution in [0.25, 0.3) is 0 Å². The highest BCUT2D eigenvalue weighted by atomic mass is 16.6. The number of nitro groups is 1. The van der Waals surface area contributed by atoms with Crippen LogP contribution in [-0.4, -0.2) is 28.2 Å². The van der Waals surface area contributed by atoms with E-state index in [0.29, 0.717) is 0 Å². The van der Waals surface area contributed by atoms with Gasteiger partial charge in [-0.05, 0) is 30.9 Å². The summed E-state index contributed by atoms with van der Waals surface area (Å²) in [5.74, 6) is -0.0787. The average Bonchev–Trinajstić information content (AvgIpc) is 2.74. The van der Waals surface area contributed by atoms with Crippen molar-refractivity contribution in [1.29, 1.82) is 0 Å². The number of aromatic nitrogens is 2. The van der Waals surface area contributed by atoms with Crippen molar-refractivity contribution in [2.75, 3.05) is 13.1 Å². The zero-order valence-corrected chi connectivity index (χ0v) is 7.90. The van der Waals surface area contributed by atoms with Crippen LogP contribution in [0.3, 0.4) is 0 Å². The number of nitrogens with zero attached hydrogens (tertiary/aromatic N) is 2. The summed E-state index contributed by atoms with van der Waals surface area (Å²) in [6.45, 7) is 2.50. The summed E-state index contributed by atoms with van der Waals surface area (Å²) in [6, 6.07) is 1.29. The summed E-state index contributed by atoms with van der Waals surface area (Å²) in [5, 5.41) is 18.6. The first kappa shape index (κ1) is 10.6. The molecule has 0 saturated carbocycles. The van der Waals surface area contributed by atoms with Gasteiger partial charge in [0, 0.05) is 0 Å². The zero-order chi connectivity index (χ0) is 10.2. The molecule has 1 aromatic rings. The molecule has 1 aromatic heterocycles. The van der Waals surface area contributed by atoms with Crippen LogP contribution in [0, 0.1) is 10.1 Å². The van der Waals surface area contributed by atoms with Crippen molar-refractivity contribution in [2.24, 2.45) is 0 Å². The number of hydrogen-bond acceptors (Lipinski definition) is 4. The Bertz CT molecular complexity index is 245. The molecular weight excluding hydrogens is 184 g/mol. The van der Waals surface area contributed by atoms with Gasteiger partial charge in [0.05, 0.1) is 12.3 Å². The van der Waals surface area contributed by atoms with Gasteiger partial charge in [-0.15, -0.1) is 5.10 Å². The van der Waals surface area contributed by atoms with Gasteiger partial charge in [-0.2, -0.15) is 0 Å². The van der Waals surface area contributed by atoms with E-state index in [0.717, 1.165) is 0 Å².